The zero-order valence-electron chi connectivity index (χ0n) is 24.4. The maximum atomic E-state index is 13.1. The molecule has 8 nitrogen and oxygen atoms in total. The number of aliphatic hydroxyl groups is 2. The molecule has 4 rings (SSSR count). The first kappa shape index (κ1) is 13.9. The van der Waals surface area contributed by atoms with E-state index in [0.717, 1.165) is 13.0 Å². The number of allylic oxidation sites excluding steroid dienone is 4. The Labute approximate surface area is 187 Å². The number of fused-ring (bicyclic) bond motifs is 5. The van der Waals surface area contributed by atoms with Gasteiger partial charge in [0, 0.05) is 23.6 Å². The van der Waals surface area contributed by atoms with Crippen molar-refractivity contribution >= 4 is 22.0 Å². The van der Waals surface area contributed by atoms with Gasteiger partial charge in [-0.05, 0) is 55.9 Å². The third-order valence-corrected chi connectivity index (χ3v) is 7.43. The van der Waals surface area contributed by atoms with Gasteiger partial charge in [0.05, 0.1) is 10.2 Å². The van der Waals surface area contributed by atoms with Crippen LogP contribution in [0.5, 0.6) is 0 Å². The number of hydrogen-bond acceptors (Lipinski definition) is 7. The van der Waals surface area contributed by atoms with Gasteiger partial charge >= 0.3 is 10.4 Å². The van der Waals surface area contributed by atoms with E-state index in [9.17, 15) is 29.6 Å². The lowest BCUT2D eigenvalue weighted by atomic mass is 9.46. The van der Waals surface area contributed by atoms with Crippen molar-refractivity contribution < 1.29 is 47.9 Å². The maximum absolute atomic E-state index is 13.1. The summed E-state index contributed by atoms with van der Waals surface area (Å²) in [6, 6.07) is -1.70. The van der Waals surface area contributed by atoms with Crippen molar-refractivity contribution in [3.05, 3.63) is 23.8 Å². The monoisotopic (exact) mass is 448 g/mol. The molecule has 3 saturated carbocycles. The first-order chi connectivity index (χ1) is 16.9. The van der Waals surface area contributed by atoms with Crippen LogP contribution in [0.3, 0.4) is 0 Å². The molecule has 0 radical (unpaired) electrons. The van der Waals surface area contributed by atoms with Gasteiger partial charge in [-0.25, -0.2) is 4.18 Å². The van der Waals surface area contributed by atoms with Crippen LogP contribution in [0.4, 0.5) is 0 Å². The van der Waals surface area contributed by atoms with Gasteiger partial charge in [-0.2, -0.15) is 8.42 Å². The fourth-order valence-corrected chi connectivity index (χ4v) is 5.73. The summed E-state index contributed by atoms with van der Waals surface area (Å²) in [5.41, 5.74) is -7.90. The van der Waals surface area contributed by atoms with Crippen molar-refractivity contribution in [1.29, 1.82) is 0 Å². The molecule has 0 spiro atoms. The van der Waals surface area contributed by atoms with E-state index in [1.54, 1.807) is 0 Å². The number of carbonyl (C=O) groups is 2. The van der Waals surface area contributed by atoms with Gasteiger partial charge in [0.1, 0.15) is 12.2 Å². The summed E-state index contributed by atoms with van der Waals surface area (Å²) in [5.74, 6) is -7.90. The molecule has 0 aromatic heterocycles. The van der Waals surface area contributed by atoms with Crippen LogP contribution in [0.25, 0.3) is 0 Å². The normalized spacial score (nSPS) is 58.2. The van der Waals surface area contributed by atoms with E-state index in [-0.39, 0.29) is 6.42 Å². The van der Waals surface area contributed by atoms with Crippen molar-refractivity contribution in [3.63, 3.8) is 0 Å². The van der Waals surface area contributed by atoms with E-state index >= 15 is 0 Å². The third kappa shape index (κ3) is 3.05. The van der Waals surface area contributed by atoms with Gasteiger partial charge in [0.15, 0.2) is 11.6 Å². The minimum Gasteiger partial charge on any atom is -0.393 e. The second-order valence-corrected chi connectivity index (χ2v) is 9.61. The van der Waals surface area contributed by atoms with Crippen LogP contribution in [-0.2, 0) is 24.2 Å². The van der Waals surface area contributed by atoms with E-state index < -0.39 is 112 Å². The molecule has 3 fully saturated rings. The van der Waals surface area contributed by atoms with Crippen LogP contribution < -0.4 is 0 Å². The Balaban J connectivity index is 1.98. The molecule has 0 amide bonds. The minimum atomic E-state index is -5.12. The Kier molecular flexibility index (Phi) is 3.15. The van der Waals surface area contributed by atoms with Gasteiger partial charge in [-0.1, -0.05) is 25.5 Å². The largest absolute Gasteiger partial charge is 0.397 e. The van der Waals surface area contributed by atoms with Gasteiger partial charge in [-0.15, -0.1) is 0 Å². The van der Waals surface area contributed by atoms with Crippen molar-refractivity contribution in [2.24, 2.45) is 28.6 Å². The molecule has 0 heterocycles. The summed E-state index contributed by atoms with van der Waals surface area (Å²) in [6.07, 6.45) is -9.89. The molecule has 7 atom stereocenters. The van der Waals surface area contributed by atoms with E-state index in [4.69, 9.17) is 14.1 Å². The van der Waals surface area contributed by atoms with Crippen LogP contribution in [0.1, 0.15) is 56.8 Å². The van der Waals surface area contributed by atoms with Gasteiger partial charge in [0.25, 0.3) is 0 Å². The van der Waals surface area contributed by atoms with Crippen molar-refractivity contribution in [2.45, 2.75) is 57.5 Å². The average Bonchev–Trinajstić information content (AvgIpc) is 3.04. The summed E-state index contributed by atoms with van der Waals surface area (Å²) in [6.45, 7) is 0.839. The molecule has 4 aliphatic carbocycles. The summed E-state index contributed by atoms with van der Waals surface area (Å²) < 4.78 is 105. The lowest BCUT2D eigenvalue weighted by Gasteiger charge is -2.59. The van der Waals surface area contributed by atoms with Crippen molar-refractivity contribution in [3.8, 4) is 0 Å². The predicted molar refractivity (Wildman–Crippen MR) is 105 cm³/mol. The molecule has 4 aliphatic rings. The SMILES string of the molecule is [2H]C1=C[C@@]2(C)C(=C([2H])C1=O)C([2H])([2H])C[C@H]1[C@@H]3CC[C@](O)(C(=O)COS(=O)(=O)O)[C@@]3(C)C([2H])([2H])[C@]([2H])(O)[C@@]12[2H]. The van der Waals surface area contributed by atoms with Gasteiger partial charge in [-0.3, -0.25) is 14.1 Å². The van der Waals surface area contributed by atoms with Gasteiger partial charge < -0.3 is 10.2 Å². The fraction of sp³-hybridized carbons (Fsp3) is 0.714. The van der Waals surface area contributed by atoms with Crippen molar-refractivity contribution in [2.75, 3.05) is 6.61 Å². The highest BCUT2D eigenvalue weighted by Gasteiger charge is 2.68. The first-order valence-electron chi connectivity index (χ1n) is 13.4. The number of carbonyl (C=O) groups excluding carboxylic acids is 2. The zero-order chi connectivity index (χ0) is 29.3. The van der Waals surface area contributed by atoms with Crippen LogP contribution in [0.2, 0.25) is 0 Å². The van der Waals surface area contributed by atoms with Crippen LogP contribution >= 0.6 is 0 Å². The summed E-state index contributed by atoms with van der Waals surface area (Å²) in [5, 5.41) is 23.3. The van der Waals surface area contributed by atoms with Crippen molar-refractivity contribution in [1.82, 2.24) is 0 Å². The number of rotatable bonds is 4. The van der Waals surface area contributed by atoms with Crippen LogP contribution in [0, 0.1) is 28.6 Å². The average molecular weight is 449 g/mol. The van der Waals surface area contributed by atoms with E-state index in [1.165, 1.54) is 6.92 Å². The molecular formula is C21H28O8S. The Morgan fingerprint density at radius 2 is 2.13 bits per heavy atom. The molecule has 9 heteroatoms. The Morgan fingerprint density at radius 3 is 2.80 bits per heavy atom. The standard InChI is InChI=1S/C21H28O8S/c1-19-7-5-13(22)9-12(19)3-4-14-15-6-8-21(25,17(24)11-29-30(26,27)28)20(15,2)10-16(23)18(14)19/h5,7,9,14-16,18,23,25H,3-4,6,8,10-11H2,1-2H3,(H,26,27,28)/t14-,15-,16-,18+,19-,20-,21-/m0/s1/i3D2,5D,9D,10D2,16D,18D. The molecular weight excluding hydrogens is 412 g/mol. The van der Waals surface area contributed by atoms with Crippen LogP contribution in [0.15, 0.2) is 23.8 Å². The highest BCUT2D eigenvalue weighted by molar-refractivity contribution is 7.80. The van der Waals surface area contributed by atoms with E-state index in [2.05, 4.69) is 4.18 Å². The molecule has 30 heavy (non-hydrogen) atoms. The Bertz CT molecular complexity index is 1310. The number of ketones is 2. The maximum Gasteiger partial charge on any atom is 0.397 e. The highest BCUT2D eigenvalue weighted by atomic mass is 32.3. The molecule has 166 valence electrons. The Morgan fingerprint density at radius 1 is 1.43 bits per heavy atom. The molecule has 0 aromatic carbocycles. The predicted octanol–water partition coefficient (Wildman–Crippen LogP) is 1.38. The molecule has 0 bridgehead atoms. The smallest absolute Gasteiger partial charge is 0.393 e. The third-order valence-electron chi connectivity index (χ3n) is 7.02. The summed E-state index contributed by atoms with van der Waals surface area (Å²) in [7, 11) is -5.12. The Hall–Kier alpha value is -1.39. The topological polar surface area (TPSA) is 138 Å². The first-order valence-corrected chi connectivity index (χ1v) is 10.8. The van der Waals surface area contributed by atoms with E-state index in [0.29, 0.717) is 0 Å². The summed E-state index contributed by atoms with van der Waals surface area (Å²) in [4.78, 5) is 25.5. The zero-order valence-corrected chi connectivity index (χ0v) is 17.2. The quantitative estimate of drug-likeness (QED) is 0.549. The lowest BCUT2D eigenvalue weighted by Crippen LogP contribution is -2.61. The molecule has 0 aliphatic heterocycles. The molecule has 0 unspecified atom stereocenters. The molecule has 3 N–H and O–H groups in total. The van der Waals surface area contributed by atoms with Crippen LogP contribution in [-0.4, -0.2) is 53.0 Å². The second kappa shape index (κ2) is 6.80. The highest BCUT2D eigenvalue weighted by Crippen LogP contribution is 2.67. The minimum absolute atomic E-state index is 0.208. The number of Topliss-reactive ketones (excluding diaryl/α,β-unsaturated/α-hetero) is 1. The van der Waals surface area contributed by atoms with E-state index in [1.807, 2.05) is 0 Å². The second-order valence-electron chi connectivity index (χ2n) is 8.52. The van der Waals surface area contributed by atoms with Gasteiger partial charge in [0.2, 0.25) is 0 Å². The molecule has 0 saturated heterocycles. The molecule has 0 aromatic rings. The lowest BCUT2D eigenvalue weighted by molar-refractivity contribution is -0.178. The summed E-state index contributed by atoms with van der Waals surface area (Å²) >= 11 is 0. The fourth-order valence-electron chi connectivity index (χ4n) is 5.47. The number of hydrogen-bond donors (Lipinski definition) is 3.